The van der Waals surface area contributed by atoms with E-state index in [9.17, 15) is 0 Å². The van der Waals surface area contributed by atoms with Crippen molar-refractivity contribution in [1.82, 2.24) is 10.2 Å². The quantitative estimate of drug-likeness (QED) is 0.664. The highest BCUT2D eigenvalue weighted by Crippen LogP contribution is 2.36. The highest BCUT2D eigenvalue weighted by Gasteiger charge is 2.35. The average Bonchev–Trinajstić information content (AvgIpc) is 2.57. The number of nitrogens with zero attached hydrogens (tertiary/aromatic N) is 1. The maximum atomic E-state index is 3.55. The van der Waals surface area contributed by atoms with E-state index in [1.807, 2.05) is 0 Å². The van der Waals surface area contributed by atoms with E-state index in [0.29, 0.717) is 12.1 Å². The van der Waals surface area contributed by atoms with E-state index in [2.05, 4.69) is 41.4 Å². The fourth-order valence-electron chi connectivity index (χ4n) is 2.83. The summed E-state index contributed by atoms with van der Waals surface area (Å²) in [5.74, 6) is 0. The Labute approximate surface area is 84.9 Å². The van der Waals surface area contributed by atoms with E-state index >= 15 is 0 Å². The van der Waals surface area contributed by atoms with Crippen LogP contribution in [-0.2, 0) is 6.54 Å². The molecule has 1 N–H and O–H groups in total. The zero-order valence-electron chi connectivity index (χ0n) is 8.53. The summed E-state index contributed by atoms with van der Waals surface area (Å²) in [6.07, 6.45) is 0. The molecule has 2 nitrogen and oxygen atoms in total. The lowest BCUT2D eigenvalue weighted by molar-refractivity contribution is 0.141. The lowest BCUT2D eigenvalue weighted by Gasteiger charge is -2.36. The summed E-state index contributed by atoms with van der Waals surface area (Å²) in [6, 6.07) is 10.1. The molecule has 0 aromatic heterocycles. The van der Waals surface area contributed by atoms with Crippen molar-refractivity contribution in [2.45, 2.75) is 25.6 Å². The van der Waals surface area contributed by atoms with Gasteiger partial charge < -0.3 is 5.32 Å². The first-order chi connectivity index (χ1) is 6.86. The topological polar surface area (TPSA) is 15.3 Å². The Bertz CT molecular complexity index is 348. The molecule has 2 heteroatoms. The maximum absolute atomic E-state index is 3.55. The summed E-state index contributed by atoms with van der Waals surface area (Å²) in [5.41, 5.74) is 3.06. The highest BCUT2D eigenvalue weighted by molar-refractivity contribution is 5.35. The number of benzene rings is 1. The summed E-state index contributed by atoms with van der Waals surface area (Å²) >= 11 is 0. The smallest absolute Gasteiger partial charge is 0.0505 e. The minimum atomic E-state index is 0.590. The van der Waals surface area contributed by atoms with Gasteiger partial charge in [-0.3, -0.25) is 4.90 Å². The van der Waals surface area contributed by atoms with Crippen LogP contribution < -0.4 is 5.32 Å². The zero-order valence-corrected chi connectivity index (χ0v) is 8.53. The van der Waals surface area contributed by atoms with Crippen LogP contribution in [0.25, 0.3) is 0 Å². The van der Waals surface area contributed by atoms with E-state index in [1.54, 1.807) is 0 Å². The Morgan fingerprint density at radius 3 is 3.14 bits per heavy atom. The molecule has 3 rings (SSSR count). The van der Waals surface area contributed by atoms with Crippen LogP contribution in [0, 0.1) is 0 Å². The summed E-state index contributed by atoms with van der Waals surface area (Å²) in [6.45, 7) is 5.75. The minimum Gasteiger partial charge on any atom is -0.311 e. The largest absolute Gasteiger partial charge is 0.311 e. The zero-order chi connectivity index (χ0) is 9.54. The molecule has 0 bridgehead atoms. The van der Waals surface area contributed by atoms with Gasteiger partial charge in [-0.2, -0.15) is 0 Å². The molecule has 2 aliphatic rings. The Hall–Kier alpha value is -0.860. The lowest BCUT2D eigenvalue weighted by atomic mass is 9.98. The molecule has 0 spiro atoms. The van der Waals surface area contributed by atoms with Crippen molar-refractivity contribution < 1.29 is 0 Å². The number of piperazine rings is 1. The second-order valence-corrected chi connectivity index (χ2v) is 4.36. The fourth-order valence-corrected chi connectivity index (χ4v) is 2.83. The van der Waals surface area contributed by atoms with Crippen LogP contribution in [0.1, 0.15) is 24.1 Å². The van der Waals surface area contributed by atoms with Crippen molar-refractivity contribution >= 4 is 0 Å². The molecule has 1 aromatic rings. The summed E-state index contributed by atoms with van der Waals surface area (Å²) in [4.78, 5) is 2.59. The number of hydrogen-bond donors (Lipinski definition) is 1. The van der Waals surface area contributed by atoms with Crippen LogP contribution in [0.5, 0.6) is 0 Å². The van der Waals surface area contributed by atoms with Crippen molar-refractivity contribution in [3.05, 3.63) is 35.4 Å². The van der Waals surface area contributed by atoms with Crippen LogP contribution in [0.2, 0.25) is 0 Å². The van der Waals surface area contributed by atoms with Crippen LogP contribution in [0.15, 0.2) is 24.3 Å². The number of nitrogens with one attached hydrogen (secondary N) is 1. The van der Waals surface area contributed by atoms with Gasteiger partial charge in [0.2, 0.25) is 0 Å². The Kier molecular flexibility index (Phi) is 1.85. The number of fused-ring (bicyclic) bond motifs is 3. The van der Waals surface area contributed by atoms with Crippen LogP contribution in [0.4, 0.5) is 0 Å². The molecule has 1 fully saturated rings. The molecule has 74 valence electrons. The van der Waals surface area contributed by atoms with Gasteiger partial charge in [-0.05, 0) is 18.1 Å². The Morgan fingerprint density at radius 1 is 1.36 bits per heavy atom. The first kappa shape index (κ1) is 8.45. The first-order valence-electron chi connectivity index (χ1n) is 5.41. The molecule has 1 saturated heterocycles. The second kappa shape index (κ2) is 3.07. The van der Waals surface area contributed by atoms with Crippen molar-refractivity contribution in [3.8, 4) is 0 Å². The Morgan fingerprint density at radius 2 is 2.21 bits per heavy atom. The molecule has 1 aromatic carbocycles. The second-order valence-electron chi connectivity index (χ2n) is 4.36. The molecule has 0 unspecified atom stereocenters. The molecular weight excluding hydrogens is 172 g/mol. The van der Waals surface area contributed by atoms with Crippen molar-refractivity contribution in [3.63, 3.8) is 0 Å². The predicted molar refractivity (Wildman–Crippen MR) is 57.1 cm³/mol. The molecule has 0 saturated carbocycles. The molecule has 2 atom stereocenters. The fraction of sp³-hybridized carbons (Fsp3) is 0.500. The molecule has 0 aliphatic carbocycles. The van der Waals surface area contributed by atoms with Gasteiger partial charge in [0.15, 0.2) is 0 Å². The average molecular weight is 188 g/mol. The standard InChI is InChI=1S/C12H16N2/c1-9-12-11-5-3-2-4-10(11)8-14(12)7-6-13-9/h2-5,9,12-13H,6-8H2,1H3/t9-,12+/m0/s1. The molecule has 14 heavy (non-hydrogen) atoms. The van der Waals surface area contributed by atoms with E-state index in [0.717, 1.165) is 13.1 Å². The number of rotatable bonds is 0. The number of hydrogen-bond acceptors (Lipinski definition) is 2. The van der Waals surface area contributed by atoms with Crippen LogP contribution >= 0.6 is 0 Å². The summed E-state index contributed by atoms with van der Waals surface area (Å²) in [7, 11) is 0. The van der Waals surface area contributed by atoms with Gasteiger partial charge in [-0.25, -0.2) is 0 Å². The summed E-state index contributed by atoms with van der Waals surface area (Å²) < 4.78 is 0. The molecule has 0 radical (unpaired) electrons. The van der Waals surface area contributed by atoms with Crippen LogP contribution in [0.3, 0.4) is 0 Å². The lowest BCUT2D eigenvalue weighted by Crippen LogP contribution is -2.48. The third-order valence-corrected chi connectivity index (χ3v) is 3.48. The predicted octanol–water partition coefficient (Wildman–Crippen LogP) is 1.53. The van der Waals surface area contributed by atoms with E-state index < -0.39 is 0 Å². The molecule has 2 aliphatic heterocycles. The SMILES string of the molecule is C[C@@H]1NCCN2Cc3ccccc3[C@@H]12. The van der Waals surface area contributed by atoms with Crippen molar-refractivity contribution in [1.29, 1.82) is 0 Å². The van der Waals surface area contributed by atoms with Crippen molar-refractivity contribution in [2.75, 3.05) is 13.1 Å². The summed E-state index contributed by atoms with van der Waals surface area (Å²) in [5, 5.41) is 3.55. The molecule has 2 heterocycles. The van der Waals surface area contributed by atoms with Gasteiger partial charge in [-0.1, -0.05) is 24.3 Å². The van der Waals surface area contributed by atoms with E-state index in [4.69, 9.17) is 0 Å². The van der Waals surface area contributed by atoms with Gasteiger partial charge in [0, 0.05) is 25.7 Å². The van der Waals surface area contributed by atoms with Crippen LogP contribution in [-0.4, -0.2) is 24.0 Å². The van der Waals surface area contributed by atoms with Gasteiger partial charge in [0.25, 0.3) is 0 Å². The van der Waals surface area contributed by atoms with E-state index in [-0.39, 0.29) is 0 Å². The van der Waals surface area contributed by atoms with Gasteiger partial charge in [-0.15, -0.1) is 0 Å². The Balaban J connectivity index is 2.03. The monoisotopic (exact) mass is 188 g/mol. The first-order valence-corrected chi connectivity index (χ1v) is 5.41. The van der Waals surface area contributed by atoms with E-state index in [1.165, 1.54) is 17.7 Å². The van der Waals surface area contributed by atoms with Gasteiger partial charge in [0.05, 0.1) is 6.04 Å². The highest BCUT2D eigenvalue weighted by atomic mass is 15.2. The maximum Gasteiger partial charge on any atom is 0.0505 e. The van der Waals surface area contributed by atoms with Gasteiger partial charge in [0.1, 0.15) is 0 Å². The molecule has 0 amide bonds. The third kappa shape index (κ3) is 1.11. The van der Waals surface area contributed by atoms with Gasteiger partial charge >= 0.3 is 0 Å². The minimum absolute atomic E-state index is 0.590. The molecular formula is C12H16N2. The van der Waals surface area contributed by atoms with Crippen molar-refractivity contribution in [2.24, 2.45) is 0 Å². The third-order valence-electron chi connectivity index (χ3n) is 3.48. The normalized spacial score (nSPS) is 31.2.